The number of carbonyl (C=O) groups excluding carboxylic acids is 1. The van der Waals surface area contributed by atoms with Crippen molar-refractivity contribution < 1.29 is 4.79 Å². The predicted octanol–water partition coefficient (Wildman–Crippen LogP) is 3.86. The first-order valence-electron chi connectivity index (χ1n) is 6.37. The molecule has 100 valence electrons. The first-order chi connectivity index (χ1) is 9.65. The molecule has 2 heterocycles. The SMILES string of the molecule is CC1=NN(c2ccc(C)cc2)C(=O)C1=Cc1cccs1. The van der Waals surface area contributed by atoms with Crippen LogP contribution >= 0.6 is 11.3 Å². The maximum atomic E-state index is 12.5. The Bertz CT molecular complexity index is 697. The van der Waals surface area contributed by atoms with Crippen molar-refractivity contribution in [3.05, 3.63) is 57.8 Å². The molecule has 3 rings (SSSR count). The van der Waals surface area contributed by atoms with Crippen molar-refractivity contribution in [2.24, 2.45) is 5.10 Å². The van der Waals surface area contributed by atoms with E-state index in [1.54, 1.807) is 11.3 Å². The maximum absolute atomic E-state index is 12.5. The summed E-state index contributed by atoms with van der Waals surface area (Å²) in [5, 5.41) is 7.83. The van der Waals surface area contributed by atoms with Gasteiger partial charge in [-0.25, -0.2) is 0 Å². The third-order valence-corrected chi connectivity index (χ3v) is 3.99. The Balaban J connectivity index is 1.94. The third-order valence-electron chi connectivity index (χ3n) is 3.17. The minimum atomic E-state index is -0.0697. The average Bonchev–Trinajstić information content (AvgIpc) is 3.04. The Morgan fingerprint density at radius 1 is 1.15 bits per heavy atom. The van der Waals surface area contributed by atoms with E-state index in [-0.39, 0.29) is 5.91 Å². The molecule has 0 atom stereocenters. The Morgan fingerprint density at radius 2 is 1.90 bits per heavy atom. The average molecular weight is 282 g/mol. The van der Waals surface area contributed by atoms with Gasteiger partial charge >= 0.3 is 0 Å². The van der Waals surface area contributed by atoms with E-state index in [1.807, 2.05) is 61.7 Å². The molecule has 1 amide bonds. The van der Waals surface area contributed by atoms with Crippen molar-refractivity contribution in [1.29, 1.82) is 0 Å². The highest BCUT2D eigenvalue weighted by molar-refractivity contribution is 7.10. The van der Waals surface area contributed by atoms with Crippen LogP contribution in [0.4, 0.5) is 5.69 Å². The van der Waals surface area contributed by atoms with Gasteiger partial charge in [0.15, 0.2) is 0 Å². The molecule has 0 unspecified atom stereocenters. The number of hydrazone groups is 1. The Labute approximate surface area is 121 Å². The number of aryl methyl sites for hydroxylation is 1. The van der Waals surface area contributed by atoms with Crippen LogP contribution in [0.2, 0.25) is 0 Å². The zero-order valence-electron chi connectivity index (χ0n) is 11.3. The number of benzene rings is 1. The van der Waals surface area contributed by atoms with E-state index < -0.39 is 0 Å². The fourth-order valence-electron chi connectivity index (χ4n) is 2.06. The predicted molar refractivity (Wildman–Crippen MR) is 84.1 cm³/mol. The Hall–Kier alpha value is -2.20. The number of hydrogen-bond acceptors (Lipinski definition) is 3. The van der Waals surface area contributed by atoms with Crippen molar-refractivity contribution >= 4 is 34.7 Å². The molecule has 0 bridgehead atoms. The Kier molecular flexibility index (Phi) is 3.24. The lowest BCUT2D eigenvalue weighted by atomic mass is 10.1. The second-order valence-electron chi connectivity index (χ2n) is 4.71. The van der Waals surface area contributed by atoms with Crippen LogP contribution in [-0.4, -0.2) is 11.6 Å². The summed E-state index contributed by atoms with van der Waals surface area (Å²) in [5.41, 5.74) is 3.38. The van der Waals surface area contributed by atoms with Crippen LogP contribution in [0.1, 0.15) is 17.4 Å². The molecular weight excluding hydrogens is 268 g/mol. The second kappa shape index (κ2) is 5.06. The van der Waals surface area contributed by atoms with Crippen LogP contribution in [0.15, 0.2) is 52.5 Å². The quantitative estimate of drug-likeness (QED) is 0.770. The fourth-order valence-corrected chi connectivity index (χ4v) is 2.72. The molecule has 3 nitrogen and oxygen atoms in total. The minimum absolute atomic E-state index is 0.0697. The van der Waals surface area contributed by atoms with Gasteiger partial charge in [0.25, 0.3) is 5.91 Å². The summed E-state index contributed by atoms with van der Waals surface area (Å²) in [7, 11) is 0. The summed E-state index contributed by atoms with van der Waals surface area (Å²) in [6.07, 6.45) is 1.90. The molecule has 2 aromatic rings. The van der Waals surface area contributed by atoms with E-state index in [0.29, 0.717) is 5.57 Å². The molecule has 1 aromatic carbocycles. The largest absolute Gasteiger partial charge is 0.280 e. The van der Waals surface area contributed by atoms with Gasteiger partial charge in [-0.2, -0.15) is 10.1 Å². The van der Waals surface area contributed by atoms with Crippen molar-refractivity contribution in [3.8, 4) is 0 Å². The van der Waals surface area contributed by atoms with Gasteiger partial charge in [-0.05, 0) is 43.5 Å². The summed E-state index contributed by atoms with van der Waals surface area (Å²) < 4.78 is 0. The fraction of sp³-hybridized carbons (Fsp3) is 0.125. The molecule has 1 aromatic heterocycles. The standard InChI is InChI=1S/C16H14N2OS/c1-11-5-7-13(8-6-11)18-16(19)15(12(2)17-18)10-14-4-3-9-20-14/h3-10H,1-2H3. The zero-order valence-corrected chi connectivity index (χ0v) is 12.1. The summed E-state index contributed by atoms with van der Waals surface area (Å²) in [5.74, 6) is -0.0697. The molecule has 0 saturated heterocycles. The summed E-state index contributed by atoms with van der Waals surface area (Å²) >= 11 is 1.61. The van der Waals surface area contributed by atoms with Gasteiger partial charge in [-0.1, -0.05) is 23.8 Å². The van der Waals surface area contributed by atoms with E-state index in [1.165, 1.54) is 5.01 Å². The van der Waals surface area contributed by atoms with E-state index in [0.717, 1.165) is 21.8 Å². The maximum Gasteiger partial charge on any atom is 0.280 e. The molecule has 0 spiro atoms. The lowest BCUT2D eigenvalue weighted by Gasteiger charge is -2.11. The van der Waals surface area contributed by atoms with E-state index in [9.17, 15) is 4.79 Å². The summed E-state index contributed by atoms with van der Waals surface area (Å²) in [6, 6.07) is 11.8. The van der Waals surface area contributed by atoms with E-state index in [2.05, 4.69) is 5.10 Å². The van der Waals surface area contributed by atoms with Crippen LogP contribution in [0.5, 0.6) is 0 Å². The van der Waals surface area contributed by atoms with Crippen molar-refractivity contribution in [3.63, 3.8) is 0 Å². The highest BCUT2D eigenvalue weighted by atomic mass is 32.1. The van der Waals surface area contributed by atoms with Gasteiger partial charge in [0.2, 0.25) is 0 Å². The highest BCUT2D eigenvalue weighted by Crippen LogP contribution is 2.26. The third kappa shape index (κ3) is 2.30. The van der Waals surface area contributed by atoms with Gasteiger partial charge < -0.3 is 0 Å². The highest BCUT2D eigenvalue weighted by Gasteiger charge is 2.28. The molecule has 0 N–H and O–H groups in total. The van der Waals surface area contributed by atoms with Gasteiger partial charge in [0, 0.05) is 4.88 Å². The van der Waals surface area contributed by atoms with Crippen LogP contribution in [0.25, 0.3) is 6.08 Å². The molecule has 0 aliphatic carbocycles. The summed E-state index contributed by atoms with van der Waals surface area (Å²) in [4.78, 5) is 13.5. The van der Waals surface area contributed by atoms with Gasteiger partial charge in [-0.15, -0.1) is 11.3 Å². The molecular formula is C16H14N2OS. The topological polar surface area (TPSA) is 32.7 Å². The van der Waals surface area contributed by atoms with Gasteiger partial charge in [0.05, 0.1) is 17.0 Å². The molecule has 4 heteroatoms. The van der Waals surface area contributed by atoms with Crippen LogP contribution in [-0.2, 0) is 4.79 Å². The molecule has 1 aliphatic rings. The zero-order chi connectivity index (χ0) is 14.1. The molecule has 0 saturated carbocycles. The van der Waals surface area contributed by atoms with E-state index in [4.69, 9.17) is 0 Å². The number of anilines is 1. The summed E-state index contributed by atoms with van der Waals surface area (Å²) in [6.45, 7) is 3.89. The van der Waals surface area contributed by atoms with Crippen molar-refractivity contribution in [2.75, 3.05) is 5.01 Å². The normalized spacial score (nSPS) is 16.9. The van der Waals surface area contributed by atoms with Gasteiger partial charge in [-0.3, -0.25) is 4.79 Å². The first kappa shape index (κ1) is 12.8. The van der Waals surface area contributed by atoms with Crippen molar-refractivity contribution in [1.82, 2.24) is 0 Å². The number of hydrogen-bond donors (Lipinski definition) is 0. The molecule has 0 fully saturated rings. The number of carbonyl (C=O) groups is 1. The lowest BCUT2D eigenvalue weighted by molar-refractivity contribution is -0.114. The van der Waals surface area contributed by atoms with Crippen LogP contribution in [0, 0.1) is 6.92 Å². The number of amides is 1. The monoisotopic (exact) mass is 282 g/mol. The van der Waals surface area contributed by atoms with Crippen LogP contribution < -0.4 is 5.01 Å². The first-order valence-corrected chi connectivity index (χ1v) is 7.25. The molecule has 1 aliphatic heterocycles. The van der Waals surface area contributed by atoms with Gasteiger partial charge in [0.1, 0.15) is 0 Å². The smallest absolute Gasteiger partial charge is 0.267 e. The van der Waals surface area contributed by atoms with Crippen molar-refractivity contribution in [2.45, 2.75) is 13.8 Å². The molecule has 0 radical (unpaired) electrons. The van der Waals surface area contributed by atoms with E-state index >= 15 is 0 Å². The second-order valence-corrected chi connectivity index (χ2v) is 5.69. The lowest BCUT2D eigenvalue weighted by Crippen LogP contribution is -2.21. The molecule has 20 heavy (non-hydrogen) atoms. The Morgan fingerprint density at radius 3 is 2.55 bits per heavy atom. The number of thiophene rings is 1. The number of nitrogens with zero attached hydrogens (tertiary/aromatic N) is 2. The minimum Gasteiger partial charge on any atom is -0.267 e. The van der Waals surface area contributed by atoms with Crippen LogP contribution in [0.3, 0.4) is 0 Å². The number of rotatable bonds is 2.